The molecule has 0 saturated carbocycles. The van der Waals surface area contributed by atoms with Gasteiger partial charge in [-0.3, -0.25) is 0 Å². The quantitative estimate of drug-likeness (QED) is 0.509. The zero-order chi connectivity index (χ0) is 14.9. The van der Waals surface area contributed by atoms with Crippen LogP contribution in [0.2, 0.25) is 15.1 Å². The van der Waals surface area contributed by atoms with Crippen LogP contribution in [0.5, 0.6) is 11.5 Å². The fourth-order valence-corrected chi connectivity index (χ4v) is 2.81. The molecule has 2 aromatic carbocycles. The normalized spacial score (nSPS) is 10.4. The van der Waals surface area contributed by atoms with E-state index < -0.39 is 0 Å². The van der Waals surface area contributed by atoms with E-state index in [0.29, 0.717) is 36.6 Å². The second-order valence-electron chi connectivity index (χ2n) is 3.80. The molecule has 0 aliphatic carbocycles. The van der Waals surface area contributed by atoms with Crippen molar-refractivity contribution in [2.75, 3.05) is 0 Å². The molecule has 20 heavy (non-hydrogen) atoms. The topological polar surface area (TPSA) is 35.2 Å². The molecule has 2 aromatic rings. The largest absolute Gasteiger partial charge is 0.456 e. The van der Waals surface area contributed by atoms with E-state index in [1.165, 1.54) is 0 Å². The summed E-state index contributed by atoms with van der Waals surface area (Å²) in [6.45, 7) is 0. The highest BCUT2D eigenvalue weighted by Gasteiger charge is 2.10. The lowest BCUT2D eigenvalue weighted by atomic mass is 10.2. The van der Waals surface area contributed by atoms with E-state index in [-0.39, 0.29) is 4.99 Å². The first-order valence-electron chi connectivity index (χ1n) is 5.30. The molecule has 0 aliphatic rings. The summed E-state index contributed by atoms with van der Waals surface area (Å²) >= 11 is 26.3. The molecule has 0 unspecified atom stereocenters. The van der Waals surface area contributed by atoms with Crippen LogP contribution < -0.4 is 10.5 Å². The lowest BCUT2D eigenvalue weighted by Gasteiger charge is -2.10. The van der Waals surface area contributed by atoms with Gasteiger partial charge >= 0.3 is 0 Å². The van der Waals surface area contributed by atoms with Crippen LogP contribution in [-0.4, -0.2) is 4.99 Å². The van der Waals surface area contributed by atoms with E-state index in [2.05, 4.69) is 15.9 Å². The third kappa shape index (κ3) is 3.57. The lowest BCUT2D eigenvalue weighted by molar-refractivity contribution is 0.483. The van der Waals surface area contributed by atoms with Crippen molar-refractivity contribution in [3.05, 3.63) is 55.4 Å². The van der Waals surface area contributed by atoms with Crippen molar-refractivity contribution in [2.45, 2.75) is 0 Å². The Bertz CT molecular complexity index is 694. The van der Waals surface area contributed by atoms with Gasteiger partial charge in [0.2, 0.25) is 0 Å². The molecular weight excluding hydrogens is 404 g/mol. The highest BCUT2D eigenvalue weighted by Crippen LogP contribution is 2.37. The summed E-state index contributed by atoms with van der Waals surface area (Å²) in [5.74, 6) is 0.939. The second-order valence-corrected chi connectivity index (χ2v) is 6.32. The molecular formula is C13H7BrCl3NOS. The molecule has 104 valence electrons. The summed E-state index contributed by atoms with van der Waals surface area (Å²) in [6, 6.07) is 8.27. The van der Waals surface area contributed by atoms with Crippen molar-refractivity contribution >= 4 is 67.9 Å². The predicted octanol–water partition coefficient (Wildman–Crippen LogP) is 5.84. The predicted molar refractivity (Wildman–Crippen MR) is 91.6 cm³/mol. The number of thiocarbonyl (C=S) groups is 1. The molecule has 0 aliphatic heterocycles. The Kier molecular flexibility index (Phi) is 5.15. The van der Waals surface area contributed by atoms with Crippen LogP contribution in [0.25, 0.3) is 0 Å². The Morgan fingerprint density at radius 1 is 1.05 bits per heavy atom. The molecule has 0 radical (unpaired) electrons. The zero-order valence-electron chi connectivity index (χ0n) is 9.79. The maximum atomic E-state index is 6.09. The summed E-state index contributed by atoms with van der Waals surface area (Å²) in [4.78, 5) is 0.228. The third-order valence-corrected chi connectivity index (χ3v) is 4.43. The fraction of sp³-hybridized carbons (Fsp3) is 0. The molecule has 7 heteroatoms. The van der Waals surface area contributed by atoms with Crippen LogP contribution >= 0.6 is 63.0 Å². The van der Waals surface area contributed by atoms with Gasteiger partial charge in [0, 0.05) is 22.2 Å². The molecule has 0 fully saturated rings. The van der Waals surface area contributed by atoms with Gasteiger partial charge in [-0.25, -0.2) is 0 Å². The minimum absolute atomic E-state index is 0.228. The molecule has 2 nitrogen and oxygen atoms in total. The van der Waals surface area contributed by atoms with Crippen molar-refractivity contribution in [3.63, 3.8) is 0 Å². The van der Waals surface area contributed by atoms with Crippen molar-refractivity contribution in [3.8, 4) is 11.5 Å². The number of hydrogen-bond donors (Lipinski definition) is 1. The van der Waals surface area contributed by atoms with Gasteiger partial charge in [0.05, 0.1) is 15.1 Å². The monoisotopic (exact) mass is 409 g/mol. The average molecular weight is 412 g/mol. The molecule has 0 amide bonds. The highest BCUT2D eigenvalue weighted by atomic mass is 79.9. The number of benzene rings is 2. The smallest absolute Gasteiger partial charge is 0.147 e. The van der Waals surface area contributed by atoms with Crippen molar-refractivity contribution in [1.82, 2.24) is 0 Å². The van der Waals surface area contributed by atoms with Crippen LogP contribution in [0.1, 0.15) is 5.56 Å². The van der Waals surface area contributed by atoms with Crippen LogP contribution in [0, 0.1) is 0 Å². The van der Waals surface area contributed by atoms with Gasteiger partial charge in [-0.05, 0) is 34.1 Å². The Labute approximate surface area is 144 Å². The molecule has 2 N–H and O–H groups in total. The maximum absolute atomic E-state index is 6.09. The van der Waals surface area contributed by atoms with Crippen LogP contribution in [0.4, 0.5) is 0 Å². The van der Waals surface area contributed by atoms with Gasteiger partial charge in [-0.15, -0.1) is 0 Å². The Morgan fingerprint density at radius 2 is 1.75 bits per heavy atom. The van der Waals surface area contributed by atoms with Crippen LogP contribution in [0.3, 0.4) is 0 Å². The van der Waals surface area contributed by atoms with Crippen molar-refractivity contribution < 1.29 is 4.74 Å². The lowest BCUT2D eigenvalue weighted by Crippen LogP contribution is -2.09. The Morgan fingerprint density at radius 3 is 2.35 bits per heavy atom. The molecule has 0 bridgehead atoms. The minimum atomic E-state index is 0.228. The first kappa shape index (κ1) is 15.9. The maximum Gasteiger partial charge on any atom is 0.147 e. The minimum Gasteiger partial charge on any atom is -0.456 e. The summed E-state index contributed by atoms with van der Waals surface area (Å²) in [5, 5.41) is 1.33. The average Bonchev–Trinajstić information content (AvgIpc) is 2.35. The number of rotatable bonds is 3. The number of nitrogens with two attached hydrogens (primary N) is 1. The standard InChI is InChI=1S/C13H7BrCl3NOS/c14-8-4-11(17)12(5-10(8)16)19-6-1-2-7(13(18)20)9(15)3-6/h1-5H,(H2,18,20). The highest BCUT2D eigenvalue weighted by molar-refractivity contribution is 9.10. The van der Waals surface area contributed by atoms with Crippen molar-refractivity contribution in [2.24, 2.45) is 5.73 Å². The van der Waals surface area contributed by atoms with E-state index >= 15 is 0 Å². The van der Waals surface area contributed by atoms with Gasteiger partial charge in [-0.1, -0.05) is 47.0 Å². The summed E-state index contributed by atoms with van der Waals surface area (Å²) < 4.78 is 6.35. The van der Waals surface area contributed by atoms with Gasteiger partial charge < -0.3 is 10.5 Å². The second kappa shape index (κ2) is 6.50. The van der Waals surface area contributed by atoms with Crippen LogP contribution in [-0.2, 0) is 0 Å². The van der Waals surface area contributed by atoms with E-state index in [0.717, 1.165) is 0 Å². The van der Waals surface area contributed by atoms with Gasteiger partial charge in [0.15, 0.2) is 0 Å². The zero-order valence-corrected chi connectivity index (χ0v) is 14.5. The first-order chi connectivity index (χ1) is 9.38. The Balaban J connectivity index is 2.33. The molecule has 0 aromatic heterocycles. The summed E-state index contributed by atoms with van der Waals surface area (Å²) in [5.41, 5.74) is 6.13. The SMILES string of the molecule is NC(=S)c1ccc(Oc2cc(Cl)c(Br)cc2Cl)cc1Cl. The first-order valence-corrected chi connectivity index (χ1v) is 7.63. The fourth-order valence-electron chi connectivity index (χ4n) is 1.47. The van der Waals surface area contributed by atoms with Gasteiger partial charge in [-0.2, -0.15) is 0 Å². The molecule has 0 saturated heterocycles. The number of ether oxygens (including phenoxy) is 1. The van der Waals surface area contributed by atoms with Crippen molar-refractivity contribution in [1.29, 1.82) is 0 Å². The number of halogens is 4. The summed E-state index contributed by atoms with van der Waals surface area (Å²) in [7, 11) is 0. The van der Waals surface area contributed by atoms with Gasteiger partial charge in [0.25, 0.3) is 0 Å². The third-order valence-electron chi connectivity index (χ3n) is 2.41. The van der Waals surface area contributed by atoms with E-state index in [1.807, 2.05) is 0 Å². The molecule has 2 rings (SSSR count). The van der Waals surface area contributed by atoms with Gasteiger partial charge in [0.1, 0.15) is 16.5 Å². The molecule has 0 atom stereocenters. The van der Waals surface area contributed by atoms with E-state index in [9.17, 15) is 0 Å². The molecule has 0 spiro atoms. The van der Waals surface area contributed by atoms with E-state index in [4.69, 9.17) is 57.5 Å². The Hall–Kier alpha value is -0.520. The van der Waals surface area contributed by atoms with E-state index in [1.54, 1.807) is 30.3 Å². The number of hydrogen-bond acceptors (Lipinski definition) is 2. The summed E-state index contributed by atoms with van der Waals surface area (Å²) in [6.07, 6.45) is 0. The molecule has 0 heterocycles. The van der Waals surface area contributed by atoms with Crippen LogP contribution in [0.15, 0.2) is 34.8 Å².